The van der Waals surface area contributed by atoms with Crippen LogP contribution >= 0.6 is 0 Å². The van der Waals surface area contributed by atoms with Crippen molar-refractivity contribution in [2.45, 2.75) is 6.54 Å². The number of aromatic nitrogens is 4. The van der Waals surface area contributed by atoms with Gasteiger partial charge in [-0.1, -0.05) is 24.3 Å². The van der Waals surface area contributed by atoms with Crippen LogP contribution in [0.5, 0.6) is 5.75 Å². The number of nitrogens with one attached hydrogen (secondary N) is 1. The summed E-state index contributed by atoms with van der Waals surface area (Å²) in [5, 5.41) is 3.29. The minimum absolute atomic E-state index is 0.141. The smallest absolute Gasteiger partial charge is 0.181 e. The molecule has 0 saturated heterocycles. The zero-order valence-electron chi connectivity index (χ0n) is 17.7. The van der Waals surface area contributed by atoms with Gasteiger partial charge in [0, 0.05) is 43.7 Å². The molecule has 0 saturated carbocycles. The number of hydrogen-bond donors (Lipinski definition) is 2. The lowest BCUT2D eigenvalue weighted by Crippen LogP contribution is -2.03. The molecule has 162 valence electrons. The number of aliphatic imine (C=N–C) groups is 1. The van der Waals surface area contributed by atoms with Crippen molar-refractivity contribution in [1.82, 2.24) is 19.4 Å². The number of nitrogens with zero attached hydrogens (tertiary/aromatic N) is 5. The topological polar surface area (TPSA) is 103 Å². The molecular formula is C23H22FN7O. The van der Waals surface area contributed by atoms with Crippen LogP contribution in [0.25, 0.3) is 22.6 Å². The summed E-state index contributed by atoms with van der Waals surface area (Å²) in [5.41, 5.74) is 10.4. The van der Waals surface area contributed by atoms with Gasteiger partial charge in [0.1, 0.15) is 17.8 Å². The van der Waals surface area contributed by atoms with E-state index in [2.05, 4.69) is 25.3 Å². The summed E-state index contributed by atoms with van der Waals surface area (Å²) in [5.74, 6) is 0.304. The molecule has 8 nitrogen and oxygen atoms in total. The third-order valence-corrected chi connectivity index (χ3v) is 4.92. The van der Waals surface area contributed by atoms with Crippen LogP contribution in [0.4, 0.5) is 10.2 Å². The number of halogens is 1. The number of anilines is 1. The number of benzene rings is 1. The highest BCUT2D eigenvalue weighted by Gasteiger charge is 2.12. The predicted octanol–water partition coefficient (Wildman–Crippen LogP) is 3.55. The van der Waals surface area contributed by atoms with Crippen LogP contribution in [0, 0.1) is 5.82 Å². The maximum atomic E-state index is 14.2. The maximum absolute atomic E-state index is 14.2. The van der Waals surface area contributed by atoms with Gasteiger partial charge in [0.15, 0.2) is 11.6 Å². The zero-order valence-corrected chi connectivity index (χ0v) is 17.7. The number of allylic oxidation sites excluding steroid dienone is 1. The Hall–Kier alpha value is -4.27. The fraction of sp³-hybridized carbons (Fsp3) is 0.130. The van der Waals surface area contributed by atoms with E-state index < -0.39 is 5.82 Å². The fourth-order valence-corrected chi connectivity index (χ4v) is 3.28. The van der Waals surface area contributed by atoms with Crippen molar-refractivity contribution in [2.24, 2.45) is 10.7 Å². The monoisotopic (exact) mass is 431 g/mol. The van der Waals surface area contributed by atoms with Crippen LogP contribution in [0.15, 0.2) is 66.3 Å². The van der Waals surface area contributed by atoms with E-state index in [0.29, 0.717) is 29.4 Å². The van der Waals surface area contributed by atoms with Gasteiger partial charge in [-0.25, -0.2) is 19.3 Å². The van der Waals surface area contributed by atoms with Crippen LogP contribution in [-0.4, -0.2) is 39.7 Å². The highest BCUT2D eigenvalue weighted by Crippen LogP contribution is 2.25. The van der Waals surface area contributed by atoms with Crippen molar-refractivity contribution >= 4 is 23.3 Å². The quantitative estimate of drug-likeness (QED) is 0.434. The summed E-state index contributed by atoms with van der Waals surface area (Å²) in [6, 6.07) is 11.3. The first-order valence-corrected chi connectivity index (χ1v) is 9.83. The number of fused-ring (bicyclic) bond motifs is 1. The molecule has 4 rings (SSSR count). The minimum atomic E-state index is -0.479. The first-order valence-electron chi connectivity index (χ1n) is 9.83. The third kappa shape index (κ3) is 4.27. The van der Waals surface area contributed by atoms with Gasteiger partial charge in [0.05, 0.1) is 30.9 Å². The molecular weight excluding hydrogens is 409 g/mol. The molecule has 0 fully saturated rings. The average Bonchev–Trinajstić information content (AvgIpc) is 3.24. The van der Waals surface area contributed by atoms with Crippen molar-refractivity contribution in [3.8, 4) is 17.1 Å². The Morgan fingerprint density at radius 1 is 1.22 bits per heavy atom. The molecule has 3 N–H and O–H groups in total. The molecule has 0 bridgehead atoms. The van der Waals surface area contributed by atoms with Crippen LogP contribution in [-0.2, 0) is 6.54 Å². The van der Waals surface area contributed by atoms with Gasteiger partial charge >= 0.3 is 0 Å². The second-order valence-corrected chi connectivity index (χ2v) is 6.91. The lowest BCUT2D eigenvalue weighted by molar-refractivity contribution is 0.385. The molecule has 4 aromatic rings. The molecule has 3 aromatic heterocycles. The molecule has 1 aromatic carbocycles. The first-order chi connectivity index (χ1) is 15.6. The van der Waals surface area contributed by atoms with Gasteiger partial charge in [-0.2, -0.15) is 0 Å². The van der Waals surface area contributed by atoms with Crippen molar-refractivity contribution in [3.05, 3.63) is 78.3 Å². The summed E-state index contributed by atoms with van der Waals surface area (Å²) in [6.07, 6.45) is 7.69. The Morgan fingerprint density at radius 2 is 2.03 bits per heavy atom. The number of nitrogens with two attached hydrogens (primary N) is 1. The average molecular weight is 431 g/mol. The Morgan fingerprint density at radius 3 is 2.75 bits per heavy atom. The Kier molecular flexibility index (Phi) is 6.07. The molecule has 0 aliphatic heterocycles. The van der Waals surface area contributed by atoms with Gasteiger partial charge in [0.25, 0.3) is 0 Å². The summed E-state index contributed by atoms with van der Waals surface area (Å²) in [4.78, 5) is 16.9. The lowest BCUT2D eigenvalue weighted by atomic mass is 10.1. The van der Waals surface area contributed by atoms with E-state index in [-0.39, 0.29) is 5.75 Å². The zero-order chi connectivity index (χ0) is 22.5. The minimum Gasteiger partial charge on any atom is -0.493 e. The second-order valence-electron chi connectivity index (χ2n) is 6.91. The van der Waals surface area contributed by atoms with Crippen molar-refractivity contribution in [1.29, 1.82) is 0 Å². The number of hydrogen-bond acceptors (Lipinski definition) is 7. The number of methoxy groups -OCH3 is 1. The molecule has 0 atom stereocenters. The molecule has 0 radical (unpaired) electrons. The molecule has 0 aliphatic rings. The van der Waals surface area contributed by atoms with Crippen LogP contribution in [0.3, 0.4) is 0 Å². The van der Waals surface area contributed by atoms with Crippen molar-refractivity contribution in [2.75, 3.05) is 19.5 Å². The molecule has 3 heterocycles. The van der Waals surface area contributed by atoms with Gasteiger partial charge in [-0.3, -0.25) is 9.39 Å². The number of imidazole rings is 1. The standard InChI is InChI=1S/C23H22FN7O/c1-26-11-17(9-25)16-5-3-15(4-6-16)10-27-22-7-19(29-14-30-22)20-12-28-23-8-21(32-2)18(24)13-31(20)23/h3-9,11-14H,10,25H2,1-2H3,(H,27,29,30). The summed E-state index contributed by atoms with van der Waals surface area (Å²) < 4.78 is 20.8. The predicted molar refractivity (Wildman–Crippen MR) is 123 cm³/mol. The van der Waals surface area contributed by atoms with E-state index in [4.69, 9.17) is 10.5 Å². The van der Waals surface area contributed by atoms with Gasteiger partial charge in [0.2, 0.25) is 0 Å². The van der Waals surface area contributed by atoms with Crippen molar-refractivity contribution in [3.63, 3.8) is 0 Å². The normalized spacial score (nSPS) is 11.9. The van der Waals surface area contributed by atoms with Gasteiger partial charge in [-0.15, -0.1) is 0 Å². The van der Waals surface area contributed by atoms with Crippen molar-refractivity contribution < 1.29 is 9.13 Å². The third-order valence-electron chi connectivity index (χ3n) is 4.92. The van der Waals surface area contributed by atoms with E-state index in [1.54, 1.807) is 36.0 Å². The van der Waals surface area contributed by atoms with Crippen LogP contribution in [0.1, 0.15) is 11.1 Å². The summed E-state index contributed by atoms with van der Waals surface area (Å²) >= 11 is 0. The van der Waals surface area contributed by atoms with E-state index in [9.17, 15) is 4.39 Å². The second kappa shape index (κ2) is 9.25. The highest BCUT2D eigenvalue weighted by atomic mass is 19.1. The number of rotatable bonds is 7. The molecule has 0 spiro atoms. The first kappa shape index (κ1) is 21.0. The van der Waals surface area contributed by atoms with Crippen LogP contribution < -0.4 is 15.8 Å². The number of ether oxygens (including phenoxy) is 1. The fourth-order valence-electron chi connectivity index (χ4n) is 3.28. The Balaban J connectivity index is 1.52. The van der Waals surface area contributed by atoms with E-state index in [1.807, 2.05) is 24.3 Å². The Bertz CT molecular complexity index is 1300. The molecule has 0 unspecified atom stereocenters. The number of pyridine rings is 1. The summed E-state index contributed by atoms with van der Waals surface area (Å²) in [7, 11) is 3.12. The highest BCUT2D eigenvalue weighted by molar-refractivity contribution is 6.09. The van der Waals surface area contributed by atoms with E-state index in [1.165, 1.54) is 25.8 Å². The van der Waals surface area contributed by atoms with Crippen LogP contribution in [0.2, 0.25) is 0 Å². The van der Waals surface area contributed by atoms with Gasteiger partial charge in [-0.05, 0) is 11.1 Å². The maximum Gasteiger partial charge on any atom is 0.181 e. The molecule has 9 heteroatoms. The van der Waals surface area contributed by atoms with E-state index >= 15 is 0 Å². The Labute approximate surface area is 184 Å². The molecule has 32 heavy (non-hydrogen) atoms. The van der Waals surface area contributed by atoms with E-state index in [0.717, 1.165) is 16.7 Å². The summed E-state index contributed by atoms with van der Waals surface area (Å²) in [6.45, 7) is 0.569. The molecule has 0 amide bonds. The molecule has 0 aliphatic carbocycles. The SMILES string of the molecule is CN=CC(=CN)c1ccc(CNc2cc(-c3cnc4cc(OC)c(F)cn34)ncn2)cc1. The lowest BCUT2D eigenvalue weighted by Gasteiger charge is -2.09. The largest absolute Gasteiger partial charge is 0.493 e. The van der Waals surface area contributed by atoms with Gasteiger partial charge < -0.3 is 15.8 Å².